The lowest BCUT2D eigenvalue weighted by Crippen LogP contribution is -2.51. The van der Waals surface area contributed by atoms with Gasteiger partial charge in [-0.3, -0.25) is 9.59 Å². The molecule has 1 heterocycles. The molecule has 6 nitrogen and oxygen atoms in total. The van der Waals surface area contributed by atoms with E-state index >= 15 is 0 Å². The van der Waals surface area contributed by atoms with Gasteiger partial charge in [0.25, 0.3) is 0 Å². The van der Waals surface area contributed by atoms with E-state index < -0.39 is 5.97 Å². The standard InChI is InChI=1S/C15H25NO5/c1-11-8-16(9-12(10-17)21-11)13(18)6-15(7-14(19)20)4-2-3-5-15/h11-12,17H,2-10H2,1H3,(H,19,20). The molecular weight excluding hydrogens is 274 g/mol. The average molecular weight is 299 g/mol. The smallest absolute Gasteiger partial charge is 0.303 e. The number of rotatable bonds is 5. The summed E-state index contributed by atoms with van der Waals surface area (Å²) in [5.74, 6) is -0.833. The number of hydrogen-bond donors (Lipinski definition) is 2. The zero-order chi connectivity index (χ0) is 15.5. The number of carbonyl (C=O) groups is 2. The summed E-state index contributed by atoms with van der Waals surface area (Å²) in [7, 11) is 0. The first-order valence-electron chi connectivity index (χ1n) is 7.70. The number of hydrogen-bond acceptors (Lipinski definition) is 4. The van der Waals surface area contributed by atoms with Crippen molar-refractivity contribution in [3.63, 3.8) is 0 Å². The van der Waals surface area contributed by atoms with Crippen LogP contribution in [0.15, 0.2) is 0 Å². The van der Waals surface area contributed by atoms with E-state index in [9.17, 15) is 14.7 Å². The number of carbonyl (C=O) groups excluding carboxylic acids is 1. The molecule has 2 fully saturated rings. The van der Waals surface area contributed by atoms with Gasteiger partial charge in [-0.25, -0.2) is 0 Å². The fourth-order valence-electron chi connectivity index (χ4n) is 3.64. The lowest BCUT2D eigenvalue weighted by atomic mass is 9.79. The Bertz CT molecular complexity index is 392. The van der Waals surface area contributed by atoms with Gasteiger partial charge < -0.3 is 19.8 Å². The Morgan fingerprint density at radius 3 is 2.48 bits per heavy atom. The Labute approximate surface area is 125 Å². The normalized spacial score (nSPS) is 28.6. The average Bonchev–Trinajstić information content (AvgIpc) is 2.85. The van der Waals surface area contributed by atoms with Crippen molar-refractivity contribution in [1.82, 2.24) is 4.90 Å². The van der Waals surface area contributed by atoms with Crippen LogP contribution in [0.25, 0.3) is 0 Å². The molecule has 0 aromatic rings. The summed E-state index contributed by atoms with van der Waals surface area (Å²) in [4.78, 5) is 25.4. The second kappa shape index (κ2) is 6.75. The van der Waals surface area contributed by atoms with Crippen molar-refractivity contribution in [2.45, 2.75) is 57.7 Å². The molecule has 0 aromatic heterocycles. The fourth-order valence-corrected chi connectivity index (χ4v) is 3.64. The van der Waals surface area contributed by atoms with Crippen LogP contribution in [-0.4, -0.2) is 58.9 Å². The van der Waals surface area contributed by atoms with Crippen molar-refractivity contribution in [2.24, 2.45) is 5.41 Å². The van der Waals surface area contributed by atoms with Crippen LogP contribution in [0.4, 0.5) is 0 Å². The van der Waals surface area contributed by atoms with Crippen LogP contribution in [0.2, 0.25) is 0 Å². The first kappa shape index (κ1) is 16.2. The molecule has 1 aliphatic carbocycles. The minimum Gasteiger partial charge on any atom is -0.481 e. The Kier molecular flexibility index (Phi) is 5.22. The number of aliphatic hydroxyl groups excluding tert-OH is 1. The maximum atomic E-state index is 12.5. The van der Waals surface area contributed by atoms with Crippen molar-refractivity contribution in [1.29, 1.82) is 0 Å². The summed E-state index contributed by atoms with van der Waals surface area (Å²) in [5.41, 5.74) is -0.376. The van der Waals surface area contributed by atoms with Crippen LogP contribution < -0.4 is 0 Å². The Morgan fingerprint density at radius 1 is 1.24 bits per heavy atom. The Balaban J connectivity index is 2.00. The van der Waals surface area contributed by atoms with Crippen LogP contribution in [0.1, 0.15) is 45.4 Å². The van der Waals surface area contributed by atoms with E-state index in [0.29, 0.717) is 19.5 Å². The van der Waals surface area contributed by atoms with Crippen LogP contribution in [-0.2, 0) is 14.3 Å². The first-order valence-corrected chi connectivity index (χ1v) is 7.70. The van der Waals surface area contributed by atoms with E-state index in [0.717, 1.165) is 25.7 Å². The number of carboxylic acid groups (broad SMARTS) is 1. The number of ether oxygens (including phenoxy) is 1. The van der Waals surface area contributed by atoms with Gasteiger partial charge >= 0.3 is 5.97 Å². The summed E-state index contributed by atoms with van der Waals surface area (Å²) in [6.07, 6.45) is 3.56. The molecule has 1 saturated carbocycles. The van der Waals surface area contributed by atoms with E-state index in [1.165, 1.54) is 0 Å². The number of aliphatic carboxylic acids is 1. The van der Waals surface area contributed by atoms with E-state index in [1.54, 1.807) is 4.90 Å². The highest BCUT2D eigenvalue weighted by Gasteiger charge is 2.40. The van der Waals surface area contributed by atoms with Gasteiger partial charge in [-0.2, -0.15) is 0 Å². The van der Waals surface area contributed by atoms with Gasteiger partial charge in [0, 0.05) is 19.5 Å². The fraction of sp³-hybridized carbons (Fsp3) is 0.867. The molecule has 0 radical (unpaired) electrons. The van der Waals surface area contributed by atoms with Crippen molar-refractivity contribution in [2.75, 3.05) is 19.7 Å². The highest BCUT2D eigenvalue weighted by atomic mass is 16.5. The van der Waals surface area contributed by atoms with Crippen molar-refractivity contribution < 1.29 is 24.5 Å². The quantitative estimate of drug-likeness (QED) is 0.791. The van der Waals surface area contributed by atoms with E-state index in [4.69, 9.17) is 9.84 Å². The van der Waals surface area contributed by atoms with Crippen molar-refractivity contribution in [3.8, 4) is 0 Å². The third-order valence-electron chi connectivity index (χ3n) is 4.60. The summed E-state index contributed by atoms with van der Waals surface area (Å²) in [6, 6.07) is 0. The third kappa shape index (κ3) is 4.17. The third-order valence-corrected chi connectivity index (χ3v) is 4.60. The van der Waals surface area contributed by atoms with Gasteiger partial charge in [-0.05, 0) is 25.2 Å². The Hall–Kier alpha value is -1.14. The van der Waals surface area contributed by atoms with Crippen LogP contribution >= 0.6 is 0 Å². The molecule has 2 N–H and O–H groups in total. The molecule has 21 heavy (non-hydrogen) atoms. The maximum Gasteiger partial charge on any atom is 0.303 e. The minimum atomic E-state index is -0.826. The molecule has 0 spiro atoms. The van der Waals surface area contributed by atoms with Crippen LogP contribution in [0, 0.1) is 5.41 Å². The van der Waals surface area contributed by atoms with Gasteiger partial charge in [0.1, 0.15) is 0 Å². The summed E-state index contributed by atoms with van der Waals surface area (Å²) >= 11 is 0. The molecule has 2 aliphatic rings. The molecule has 6 heteroatoms. The van der Waals surface area contributed by atoms with Crippen LogP contribution in [0.3, 0.4) is 0 Å². The molecule has 1 amide bonds. The van der Waals surface area contributed by atoms with Crippen molar-refractivity contribution in [3.05, 3.63) is 0 Å². The number of amides is 1. The first-order chi connectivity index (χ1) is 9.94. The second-order valence-corrected chi connectivity index (χ2v) is 6.50. The van der Waals surface area contributed by atoms with Gasteiger partial charge in [0.15, 0.2) is 0 Å². The largest absolute Gasteiger partial charge is 0.481 e. The zero-order valence-electron chi connectivity index (χ0n) is 12.6. The predicted octanol–water partition coefficient (Wildman–Crippen LogP) is 1.02. The maximum absolute atomic E-state index is 12.5. The molecule has 2 rings (SSSR count). The number of carboxylic acids is 1. The van der Waals surface area contributed by atoms with E-state index in [2.05, 4.69) is 0 Å². The lowest BCUT2D eigenvalue weighted by Gasteiger charge is -2.38. The highest BCUT2D eigenvalue weighted by Crippen LogP contribution is 2.44. The second-order valence-electron chi connectivity index (χ2n) is 6.50. The number of aliphatic hydroxyl groups is 1. The van der Waals surface area contributed by atoms with E-state index in [-0.39, 0.29) is 36.6 Å². The predicted molar refractivity (Wildman–Crippen MR) is 75.8 cm³/mol. The molecule has 2 unspecified atom stereocenters. The molecular formula is C15H25NO5. The monoisotopic (exact) mass is 299 g/mol. The molecule has 0 bridgehead atoms. The minimum absolute atomic E-state index is 0.00764. The van der Waals surface area contributed by atoms with Crippen molar-refractivity contribution >= 4 is 11.9 Å². The van der Waals surface area contributed by atoms with E-state index in [1.807, 2.05) is 6.92 Å². The molecule has 1 saturated heterocycles. The van der Waals surface area contributed by atoms with Gasteiger partial charge in [-0.15, -0.1) is 0 Å². The zero-order valence-corrected chi connectivity index (χ0v) is 12.6. The summed E-state index contributed by atoms with van der Waals surface area (Å²) in [6.45, 7) is 2.68. The van der Waals surface area contributed by atoms with Gasteiger partial charge in [-0.1, -0.05) is 12.8 Å². The summed E-state index contributed by atoms with van der Waals surface area (Å²) < 4.78 is 5.54. The molecule has 120 valence electrons. The molecule has 2 atom stereocenters. The topological polar surface area (TPSA) is 87.1 Å². The number of morpholine rings is 1. The Morgan fingerprint density at radius 2 is 1.90 bits per heavy atom. The molecule has 1 aliphatic heterocycles. The highest BCUT2D eigenvalue weighted by molar-refractivity contribution is 5.78. The SMILES string of the molecule is CC1CN(C(=O)CC2(CC(=O)O)CCCC2)CC(CO)O1. The van der Waals surface area contributed by atoms with Gasteiger partial charge in [0.05, 0.1) is 25.2 Å². The number of nitrogens with zero attached hydrogens (tertiary/aromatic N) is 1. The summed E-state index contributed by atoms with van der Waals surface area (Å²) in [5, 5.41) is 18.3. The molecule has 0 aromatic carbocycles. The lowest BCUT2D eigenvalue weighted by molar-refractivity contribution is -0.150. The van der Waals surface area contributed by atoms with Crippen LogP contribution in [0.5, 0.6) is 0 Å². The van der Waals surface area contributed by atoms with Gasteiger partial charge in [0.2, 0.25) is 5.91 Å².